The van der Waals surface area contributed by atoms with Crippen LogP contribution in [0.1, 0.15) is 17.0 Å². The lowest BCUT2D eigenvalue weighted by molar-refractivity contribution is 0.242. The summed E-state index contributed by atoms with van der Waals surface area (Å²) < 4.78 is 2.19. The maximum absolute atomic E-state index is 7.86. The predicted molar refractivity (Wildman–Crippen MR) is 110 cm³/mol. The number of anilines is 1. The number of benzene rings is 2. The fourth-order valence-corrected chi connectivity index (χ4v) is 3.81. The van der Waals surface area contributed by atoms with E-state index in [1.807, 2.05) is 18.2 Å². The van der Waals surface area contributed by atoms with Crippen LogP contribution < -0.4 is 10.6 Å². The minimum atomic E-state index is 0.132. The van der Waals surface area contributed by atoms with Crippen LogP contribution in [-0.4, -0.2) is 46.5 Å². The second-order valence-electron chi connectivity index (χ2n) is 7.27. The minimum Gasteiger partial charge on any atom is -0.384 e. The number of nitrogens with one attached hydrogen (secondary N) is 1. The van der Waals surface area contributed by atoms with E-state index in [0.717, 1.165) is 55.3 Å². The number of hydrogen-bond donors (Lipinski definition) is 2. The van der Waals surface area contributed by atoms with E-state index in [9.17, 15) is 0 Å². The number of hydrogen-bond acceptors (Lipinski definition) is 4. The normalized spacial score (nSPS) is 15.4. The number of nitrogen functional groups attached to an aromatic ring is 1. The molecule has 0 atom stereocenters. The highest BCUT2D eigenvalue weighted by Crippen LogP contribution is 2.24. The van der Waals surface area contributed by atoms with Crippen molar-refractivity contribution >= 4 is 22.6 Å². The van der Waals surface area contributed by atoms with Gasteiger partial charge in [0.05, 0.1) is 17.6 Å². The monoisotopic (exact) mass is 362 g/mol. The molecule has 6 heteroatoms. The summed E-state index contributed by atoms with van der Waals surface area (Å²) in [5, 5.41) is 7.86. The topological polar surface area (TPSA) is 74.2 Å². The molecule has 1 aromatic heterocycles. The third-order valence-electron chi connectivity index (χ3n) is 5.40. The van der Waals surface area contributed by atoms with Gasteiger partial charge in [0.1, 0.15) is 11.7 Å². The third-order valence-corrected chi connectivity index (χ3v) is 5.40. The molecule has 0 amide bonds. The molecule has 1 saturated heterocycles. The quantitative estimate of drug-likeness (QED) is 0.552. The Morgan fingerprint density at radius 2 is 1.85 bits per heavy atom. The third kappa shape index (κ3) is 3.40. The van der Waals surface area contributed by atoms with Crippen molar-refractivity contribution in [3.8, 4) is 0 Å². The van der Waals surface area contributed by atoms with Crippen LogP contribution in [0.25, 0.3) is 11.0 Å². The molecule has 2 aromatic carbocycles. The zero-order chi connectivity index (χ0) is 19.0. The Balaban J connectivity index is 1.47. The number of aromatic nitrogens is 2. The summed E-state index contributed by atoms with van der Waals surface area (Å²) in [6.07, 6.45) is 0. The molecular formula is C21H26N6. The van der Waals surface area contributed by atoms with Crippen LogP contribution in [0.15, 0.2) is 42.5 Å². The van der Waals surface area contributed by atoms with Crippen molar-refractivity contribution in [2.24, 2.45) is 12.8 Å². The average molecular weight is 362 g/mol. The van der Waals surface area contributed by atoms with Gasteiger partial charge in [0.15, 0.2) is 0 Å². The standard InChI is InChI=1S/C21H26N6/c1-15-7-8-16(21(22)23)19(13-15)27-11-9-26(10-12-27)14-20-24-17-5-3-4-6-18(17)25(20)2/h3-8,13H,9-12,14H2,1-2H3,(H3,22,23). The van der Waals surface area contributed by atoms with Gasteiger partial charge in [-0.2, -0.15) is 0 Å². The number of imidazole rings is 1. The summed E-state index contributed by atoms with van der Waals surface area (Å²) in [5.41, 5.74) is 11.1. The Hall–Kier alpha value is -2.86. The zero-order valence-electron chi connectivity index (χ0n) is 15.9. The van der Waals surface area contributed by atoms with E-state index >= 15 is 0 Å². The lowest BCUT2D eigenvalue weighted by Crippen LogP contribution is -2.46. The SMILES string of the molecule is Cc1ccc(C(=N)N)c(N2CCN(Cc3nc4ccccc4n3C)CC2)c1. The van der Waals surface area contributed by atoms with E-state index < -0.39 is 0 Å². The van der Waals surface area contributed by atoms with Crippen molar-refractivity contribution < 1.29 is 0 Å². The molecule has 27 heavy (non-hydrogen) atoms. The van der Waals surface area contributed by atoms with E-state index in [-0.39, 0.29) is 5.84 Å². The van der Waals surface area contributed by atoms with E-state index in [4.69, 9.17) is 16.1 Å². The molecule has 2 heterocycles. The summed E-state index contributed by atoms with van der Waals surface area (Å²) in [7, 11) is 2.09. The van der Waals surface area contributed by atoms with Crippen LogP contribution in [0, 0.1) is 12.3 Å². The zero-order valence-corrected chi connectivity index (χ0v) is 15.9. The Labute approximate surface area is 159 Å². The van der Waals surface area contributed by atoms with Crippen molar-refractivity contribution in [1.29, 1.82) is 5.41 Å². The molecule has 3 aromatic rings. The molecule has 0 unspecified atom stereocenters. The minimum absolute atomic E-state index is 0.132. The molecular weight excluding hydrogens is 336 g/mol. The Kier molecular flexibility index (Phi) is 4.58. The van der Waals surface area contributed by atoms with Crippen LogP contribution in [0.5, 0.6) is 0 Å². The first-order valence-electron chi connectivity index (χ1n) is 9.35. The fourth-order valence-electron chi connectivity index (χ4n) is 3.81. The Morgan fingerprint density at radius 3 is 2.56 bits per heavy atom. The molecule has 1 aliphatic heterocycles. The molecule has 0 saturated carbocycles. The van der Waals surface area contributed by atoms with Crippen molar-refractivity contribution in [3.05, 3.63) is 59.4 Å². The lowest BCUT2D eigenvalue weighted by Gasteiger charge is -2.36. The molecule has 0 spiro atoms. The van der Waals surface area contributed by atoms with Gasteiger partial charge in [-0.1, -0.05) is 18.2 Å². The summed E-state index contributed by atoms with van der Waals surface area (Å²) in [6, 6.07) is 14.4. The summed E-state index contributed by atoms with van der Waals surface area (Å²) >= 11 is 0. The first-order valence-corrected chi connectivity index (χ1v) is 9.35. The molecule has 0 bridgehead atoms. The number of rotatable bonds is 4. The van der Waals surface area contributed by atoms with Gasteiger partial charge < -0.3 is 15.2 Å². The highest BCUT2D eigenvalue weighted by Gasteiger charge is 2.21. The van der Waals surface area contributed by atoms with Gasteiger partial charge in [0.2, 0.25) is 0 Å². The van der Waals surface area contributed by atoms with Crippen LogP contribution in [0.4, 0.5) is 5.69 Å². The van der Waals surface area contributed by atoms with Gasteiger partial charge in [-0.3, -0.25) is 10.3 Å². The highest BCUT2D eigenvalue weighted by atomic mass is 15.3. The van der Waals surface area contributed by atoms with Crippen molar-refractivity contribution in [1.82, 2.24) is 14.5 Å². The molecule has 3 N–H and O–H groups in total. The number of piperazine rings is 1. The van der Waals surface area contributed by atoms with Crippen molar-refractivity contribution in [2.75, 3.05) is 31.1 Å². The molecule has 0 radical (unpaired) electrons. The highest BCUT2D eigenvalue weighted by molar-refractivity contribution is 6.00. The predicted octanol–water partition coefficient (Wildman–Crippen LogP) is 2.49. The molecule has 140 valence electrons. The number of para-hydroxylation sites is 2. The van der Waals surface area contributed by atoms with E-state index in [2.05, 4.69) is 52.6 Å². The van der Waals surface area contributed by atoms with Crippen molar-refractivity contribution in [3.63, 3.8) is 0 Å². The maximum atomic E-state index is 7.86. The number of nitrogens with two attached hydrogens (primary N) is 1. The van der Waals surface area contributed by atoms with Gasteiger partial charge in [0.25, 0.3) is 0 Å². The van der Waals surface area contributed by atoms with Crippen molar-refractivity contribution in [2.45, 2.75) is 13.5 Å². The molecule has 1 aliphatic rings. The van der Waals surface area contributed by atoms with Crippen LogP contribution >= 0.6 is 0 Å². The average Bonchev–Trinajstić information content (AvgIpc) is 2.98. The van der Waals surface area contributed by atoms with Gasteiger partial charge in [0, 0.05) is 44.5 Å². The Bertz CT molecular complexity index is 982. The summed E-state index contributed by atoms with van der Waals surface area (Å²) in [4.78, 5) is 9.58. The van der Waals surface area contributed by atoms with E-state index in [1.54, 1.807) is 0 Å². The second-order valence-corrected chi connectivity index (χ2v) is 7.27. The number of fused-ring (bicyclic) bond motifs is 1. The smallest absolute Gasteiger partial charge is 0.124 e. The molecule has 1 fully saturated rings. The first-order chi connectivity index (χ1) is 13.0. The number of nitrogens with zero attached hydrogens (tertiary/aromatic N) is 4. The Morgan fingerprint density at radius 1 is 1.11 bits per heavy atom. The lowest BCUT2D eigenvalue weighted by atomic mass is 10.1. The van der Waals surface area contributed by atoms with E-state index in [0.29, 0.717) is 0 Å². The van der Waals surface area contributed by atoms with Gasteiger partial charge >= 0.3 is 0 Å². The van der Waals surface area contributed by atoms with Gasteiger partial charge in [-0.05, 0) is 36.8 Å². The molecule has 0 aliphatic carbocycles. The van der Waals surface area contributed by atoms with Crippen LogP contribution in [0.3, 0.4) is 0 Å². The molecule has 6 nitrogen and oxygen atoms in total. The summed E-state index contributed by atoms with van der Waals surface area (Å²) in [5.74, 6) is 1.23. The van der Waals surface area contributed by atoms with Crippen LogP contribution in [0.2, 0.25) is 0 Å². The van der Waals surface area contributed by atoms with Gasteiger partial charge in [-0.25, -0.2) is 4.98 Å². The maximum Gasteiger partial charge on any atom is 0.124 e. The summed E-state index contributed by atoms with van der Waals surface area (Å²) in [6.45, 7) is 6.71. The largest absolute Gasteiger partial charge is 0.384 e. The number of amidine groups is 1. The van der Waals surface area contributed by atoms with Crippen LogP contribution in [-0.2, 0) is 13.6 Å². The van der Waals surface area contributed by atoms with E-state index in [1.165, 1.54) is 11.1 Å². The fraction of sp³-hybridized carbons (Fsp3) is 0.333. The number of aryl methyl sites for hydroxylation is 2. The second kappa shape index (κ2) is 7.04. The molecule has 4 rings (SSSR count). The first kappa shape index (κ1) is 17.5. The van der Waals surface area contributed by atoms with Gasteiger partial charge in [-0.15, -0.1) is 0 Å².